The van der Waals surface area contributed by atoms with Crippen LogP contribution in [-0.2, 0) is 13.2 Å². The van der Waals surface area contributed by atoms with E-state index >= 15 is 0 Å². The maximum Gasteiger partial charge on any atom is 0.418 e. The Bertz CT molecular complexity index is 1100. The second-order valence-corrected chi connectivity index (χ2v) is 6.42. The van der Waals surface area contributed by atoms with Gasteiger partial charge in [0.2, 0.25) is 0 Å². The van der Waals surface area contributed by atoms with Crippen molar-refractivity contribution in [3.8, 4) is 0 Å². The lowest BCUT2D eigenvalue weighted by molar-refractivity contribution is -0.136. The molecule has 0 radical (unpaired) electrons. The van der Waals surface area contributed by atoms with Gasteiger partial charge in [-0.05, 0) is 12.1 Å². The first-order valence-corrected chi connectivity index (χ1v) is 8.66. The Morgan fingerprint density at radius 2 is 1.46 bits per heavy atom. The minimum atomic E-state index is -4.54. The summed E-state index contributed by atoms with van der Waals surface area (Å²) >= 11 is 0. The summed E-state index contributed by atoms with van der Waals surface area (Å²) in [5.74, 6) is 0. The molecule has 3 aromatic carbocycles. The molecule has 0 bridgehead atoms. The second-order valence-electron chi connectivity index (χ2n) is 6.42. The van der Waals surface area contributed by atoms with E-state index in [0.29, 0.717) is 11.1 Å². The molecule has 0 unspecified atom stereocenters. The Hall–Kier alpha value is -3.41. The number of alkyl halides is 3. The molecule has 28 heavy (non-hydrogen) atoms. The number of benzene rings is 3. The molecule has 0 saturated carbocycles. The number of aryl methyl sites for hydroxylation is 1. The van der Waals surface area contributed by atoms with Gasteiger partial charge in [0.15, 0.2) is 0 Å². The molecule has 0 atom stereocenters. The van der Waals surface area contributed by atoms with Crippen LogP contribution in [0.1, 0.15) is 16.7 Å². The molecule has 3 nitrogen and oxygen atoms in total. The van der Waals surface area contributed by atoms with Gasteiger partial charge in [-0.3, -0.25) is 4.68 Å². The van der Waals surface area contributed by atoms with Crippen molar-refractivity contribution in [1.29, 1.82) is 0 Å². The first kappa shape index (κ1) is 18.0. The largest absolute Gasteiger partial charge is 0.418 e. The van der Waals surface area contributed by atoms with Crippen LogP contribution in [0.4, 0.5) is 18.9 Å². The standard InChI is InChI=1S/C22H16F3N3/c1-28-14-17-12-20(18(22(23,24)25)13-19(17)27-28)26-21(15-8-4-2-5-9-15)16-10-6-3-7-11-16/h2-14H,1H3. The highest BCUT2D eigenvalue weighted by atomic mass is 19.4. The lowest BCUT2D eigenvalue weighted by atomic mass is 10.0. The molecule has 140 valence electrons. The monoisotopic (exact) mass is 379 g/mol. The van der Waals surface area contributed by atoms with E-state index in [1.807, 2.05) is 60.7 Å². The molecular formula is C22H16F3N3. The zero-order chi connectivity index (χ0) is 19.7. The lowest BCUT2D eigenvalue weighted by Gasteiger charge is -2.13. The predicted octanol–water partition coefficient (Wildman–Crippen LogP) is 5.76. The van der Waals surface area contributed by atoms with Gasteiger partial charge in [0, 0.05) is 29.8 Å². The van der Waals surface area contributed by atoms with Gasteiger partial charge in [-0.1, -0.05) is 60.7 Å². The zero-order valence-electron chi connectivity index (χ0n) is 15.0. The van der Waals surface area contributed by atoms with E-state index < -0.39 is 11.7 Å². The molecule has 4 aromatic rings. The van der Waals surface area contributed by atoms with E-state index in [1.54, 1.807) is 13.2 Å². The van der Waals surface area contributed by atoms with E-state index in [9.17, 15) is 13.2 Å². The van der Waals surface area contributed by atoms with Gasteiger partial charge in [-0.15, -0.1) is 0 Å². The van der Waals surface area contributed by atoms with Gasteiger partial charge < -0.3 is 0 Å². The summed E-state index contributed by atoms with van der Waals surface area (Å²) in [5.41, 5.74) is 1.32. The summed E-state index contributed by atoms with van der Waals surface area (Å²) in [7, 11) is 1.68. The molecule has 1 aromatic heterocycles. The number of fused-ring (bicyclic) bond motifs is 1. The van der Waals surface area contributed by atoms with Gasteiger partial charge in [0.05, 0.1) is 22.5 Å². The summed E-state index contributed by atoms with van der Waals surface area (Å²) in [6, 6.07) is 20.9. The first-order chi connectivity index (χ1) is 13.4. The fraction of sp³-hybridized carbons (Fsp3) is 0.0909. The number of hydrogen-bond acceptors (Lipinski definition) is 2. The van der Waals surface area contributed by atoms with Crippen molar-refractivity contribution in [1.82, 2.24) is 9.78 Å². The minimum Gasteiger partial charge on any atom is -0.275 e. The Kier molecular flexibility index (Phi) is 4.47. The Balaban J connectivity index is 1.99. The number of aliphatic imine (C=N–C) groups is 1. The third-order valence-corrected chi connectivity index (χ3v) is 4.37. The van der Waals surface area contributed by atoms with Gasteiger partial charge in [0.1, 0.15) is 0 Å². The third-order valence-electron chi connectivity index (χ3n) is 4.37. The molecule has 6 heteroatoms. The molecule has 0 aliphatic heterocycles. The summed E-state index contributed by atoms with van der Waals surface area (Å²) < 4.78 is 42.7. The Morgan fingerprint density at radius 3 is 2.00 bits per heavy atom. The fourth-order valence-corrected chi connectivity index (χ4v) is 3.11. The highest BCUT2D eigenvalue weighted by molar-refractivity contribution is 6.14. The van der Waals surface area contributed by atoms with Gasteiger partial charge in [-0.2, -0.15) is 18.3 Å². The van der Waals surface area contributed by atoms with Crippen LogP contribution in [0.25, 0.3) is 10.9 Å². The summed E-state index contributed by atoms with van der Waals surface area (Å²) in [4.78, 5) is 4.48. The molecule has 1 heterocycles. The maximum absolute atomic E-state index is 13.7. The van der Waals surface area contributed by atoms with Crippen molar-refractivity contribution in [3.05, 3.63) is 95.7 Å². The number of nitrogens with zero attached hydrogens (tertiary/aromatic N) is 3. The van der Waals surface area contributed by atoms with Gasteiger partial charge in [-0.25, -0.2) is 4.99 Å². The van der Waals surface area contributed by atoms with E-state index in [2.05, 4.69) is 10.1 Å². The Morgan fingerprint density at radius 1 is 0.893 bits per heavy atom. The number of rotatable bonds is 3. The quantitative estimate of drug-likeness (QED) is 0.416. The summed E-state index contributed by atoms with van der Waals surface area (Å²) in [6.45, 7) is 0. The van der Waals surface area contributed by atoms with Crippen molar-refractivity contribution >= 4 is 22.3 Å². The van der Waals surface area contributed by atoms with Crippen molar-refractivity contribution in [2.45, 2.75) is 6.18 Å². The van der Waals surface area contributed by atoms with Crippen LogP contribution < -0.4 is 0 Å². The van der Waals surface area contributed by atoms with E-state index in [4.69, 9.17) is 0 Å². The molecule has 0 aliphatic carbocycles. The van der Waals surface area contributed by atoms with E-state index in [1.165, 1.54) is 10.7 Å². The Labute approximate surface area is 159 Å². The van der Waals surface area contributed by atoms with Crippen molar-refractivity contribution in [2.75, 3.05) is 0 Å². The van der Waals surface area contributed by atoms with Crippen molar-refractivity contribution in [3.63, 3.8) is 0 Å². The number of halogens is 3. The number of hydrogen-bond donors (Lipinski definition) is 0. The maximum atomic E-state index is 13.7. The topological polar surface area (TPSA) is 30.2 Å². The van der Waals surface area contributed by atoms with E-state index in [0.717, 1.165) is 17.2 Å². The van der Waals surface area contributed by atoms with Crippen LogP contribution in [0, 0.1) is 0 Å². The molecule has 0 amide bonds. The van der Waals surface area contributed by atoms with Gasteiger partial charge in [0.25, 0.3) is 0 Å². The molecule has 0 N–H and O–H groups in total. The SMILES string of the molecule is Cn1cc2cc(N=C(c3ccccc3)c3ccccc3)c(C(F)(F)F)cc2n1. The zero-order valence-corrected chi connectivity index (χ0v) is 15.0. The lowest BCUT2D eigenvalue weighted by Crippen LogP contribution is -2.07. The highest BCUT2D eigenvalue weighted by Crippen LogP contribution is 2.39. The van der Waals surface area contributed by atoms with Crippen LogP contribution in [0.15, 0.2) is 84.0 Å². The van der Waals surface area contributed by atoms with Crippen molar-refractivity contribution < 1.29 is 13.2 Å². The van der Waals surface area contributed by atoms with Crippen LogP contribution in [0.5, 0.6) is 0 Å². The smallest absolute Gasteiger partial charge is 0.275 e. The average Bonchev–Trinajstić information content (AvgIpc) is 3.05. The van der Waals surface area contributed by atoms with Crippen LogP contribution in [0.3, 0.4) is 0 Å². The molecule has 0 fully saturated rings. The fourth-order valence-electron chi connectivity index (χ4n) is 3.11. The molecule has 0 aliphatic rings. The number of aromatic nitrogens is 2. The molecular weight excluding hydrogens is 363 g/mol. The predicted molar refractivity (Wildman–Crippen MR) is 104 cm³/mol. The van der Waals surface area contributed by atoms with Gasteiger partial charge >= 0.3 is 6.18 Å². The minimum absolute atomic E-state index is 0.129. The molecule has 0 spiro atoms. The summed E-state index contributed by atoms with van der Waals surface area (Å²) in [5, 5.41) is 4.70. The molecule has 0 saturated heterocycles. The van der Waals surface area contributed by atoms with Crippen LogP contribution >= 0.6 is 0 Å². The normalized spacial score (nSPS) is 11.6. The highest BCUT2D eigenvalue weighted by Gasteiger charge is 2.34. The average molecular weight is 379 g/mol. The van der Waals surface area contributed by atoms with Crippen LogP contribution in [-0.4, -0.2) is 15.5 Å². The van der Waals surface area contributed by atoms with E-state index in [-0.39, 0.29) is 11.2 Å². The summed E-state index contributed by atoms with van der Waals surface area (Å²) in [6.07, 6.45) is -2.86. The molecule has 4 rings (SSSR count). The first-order valence-electron chi connectivity index (χ1n) is 8.66. The van der Waals surface area contributed by atoms with Crippen LogP contribution in [0.2, 0.25) is 0 Å². The third kappa shape index (κ3) is 3.53. The second kappa shape index (κ2) is 6.96. The van der Waals surface area contributed by atoms with Crippen molar-refractivity contribution in [2.24, 2.45) is 12.0 Å².